The van der Waals surface area contributed by atoms with Crippen LogP contribution in [0.4, 0.5) is 5.69 Å². The summed E-state index contributed by atoms with van der Waals surface area (Å²) < 4.78 is 8.15. The lowest BCUT2D eigenvalue weighted by atomic mass is 10.1. The lowest BCUT2D eigenvalue weighted by molar-refractivity contribution is 0.102. The fourth-order valence-electron chi connectivity index (χ4n) is 4.72. The molecule has 0 saturated carbocycles. The molecule has 1 atom stereocenters. The average Bonchev–Trinajstić information content (AvgIpc) is 3.36. The maximum absolute atomic E-state index is 13.1. The Balaban J connectivity index is 1.55. The summed E-state index contributed by atoms with van der Waals surface area (Å²) in [6, 6.07) is 25.8. The number of hydrogen-bond donors (Lipinski definition) is 5. The summed E-state index contributed by atoms with van der Waals surface area (Å²) in [6.45, 7) is 4.59. The van der Waals surface area contributed by atoms with E-state index in [0.29, 0.717) is 53.4 Å². The standard InChI is InChI=1S/C32H32N8O2/c1-21(33)28(13-7-17-37-32(34)35)40-29-15-14-23(31(41)38-24-9-6-16-36-20-24)19-27(29)39-30(40)22-8-5-12-26(18-22)42-25-10-3-2-4-11-25/h2-6,8-12,14-16,18-20,28H,1,7,13,17,33H2,(H,38,41)(H4,34,35,37)/t28-/m0/s1. The summed E-state index contributed by atoms with van der Waals surface area (Å²) in [4.78, 5) is 22.1. The number of imidazole rings is 1. The van der Waals surface area contributed by atoms with Crippen molar-refractivity contribution in [2.75, 3.05) is 11.9 Å². The Morgan fingerprint density at radius 1 is 1.00 bits per heavy atom. The SMILES string of the molecule is C=C(N)[C@H](CCCNC(=N)N)n1c(-c2cccc(Oc3ccccc3)c2)nc2cc(C(=O)Nc3cccnc3)ccc21. The van der Waals surface area contributed by atoms with Crippen LogP contribution in [0.15, 0.2) is 110 Å². The maximum atomic E-state index is 13.1. The monoisotopic (exact) mass is 560 g/mol. The van der Waals surface area contributed by atoms with Gasteiger partial charge < -0.3 is 31.4 Å². The van der Waals surface area contributed by atoms with Crippen molar-refractivity contribution in [3.8, 4) is 22.9 Å². The molecule has 10 heteroatoms. The van der Waals surface area contributed by atoms with Gasteiger partial charge in [0.25, 0.3) is 5.91 Å². The van der Waals surface area contributed by atoms with E-state index in [9.17, 15) is 4.79 Å². The fourth-order valence-corrected chi connectivity index (χ4v) is 4.72. The molecule has 2 heterocycles. The molecule has 0 spiro atoms. The van der Waals surface area contributed by atoms with Gasteiger partial charge in [0.2, 0.25) is 0 Å². The Bertz CT molecular complexity index is 1720. The van der Waals surface area contributed by atoms with Gasteiger partial charge in [-0.15, -0.1) is 0 Å². The molecule has 0 fully saturated rings. The number of guanidine groups is 1. The average molecular weight is 561 g/mol. The Labute approximate surface area is 243 Å². The lowest BCUT2D eigenvalue weighted by Gasteiger charge is -2.22. The second-order valence-corrected chi connectivity index (χ2v) is 9.72. The summed E-state index contributed by atoms with van der Waals surface area (Å²) in [7, 11) is 0. The van der Waals surface area contributed by atoms with Crippen LogP contribution >= 0.6 is 0 Å². The summed E-state index contributed by atoms with van der Waals surface area (Å²) in [5.41, 5.74) is 15.6. The molecule has 42 heavy (non-hydrogen) atoms. The minimum atomic E-state index is -0.312. The van der Waals surface area contributed by atoms with Crippen LogP contribution in [-0.4, -0.2) is 32.9 Å². The number of rotatable bonds is 11. The Kier molecular flexibility index (Phi) is 8.43. The van der Waals surface area contributed by atoms with E-state index in [1.807, 2.05) is 60.7 Å². The highest BCUT2D eigenvalue weighted by molar-refractivity contribution is 6.06. The summed E-state index contributed by atoms with van der Waals surface area (Å²) >= 11 is 0. The molecule has 212 valence electrons. The Hall–Kier alpha value is -5.64. The highest BCUT2D eigenvalue weighted by Crippen LogP contribution is 2.35. The van der Waals surface area contributed by atoms with E-state index >= 15 is 0 Å². The van der Waals surface area contributed by atoms with Crippen LogP contribution in [-0.2, 0) is 0 Å². The third kappa shape index (κ3) is 6.56. The van der Waals surface area contributed by atoms with Crippen LogP contribution in [0.1, 0.15) is 29.2 Å². The number of benzene rings is 3. The summed E-state index contributed by atoms with van der Waals surface area (Å²) in [6.07, 6.45) is 4.54. The first-order valence-electron chi connectivity index (χ1n) is 13.5. The lowest BCUT2D eigenvalue weighted by Crippen LogP contribution is -2.31. The molecular formula is C32H32N8O2. The number of pyridine rings is 1. The molecular weight excluding hydrogens is 528 g/mol. The number of nitrogens with zero attached hydrogens (tertiary/aromatic N) is 3. The molecule has 5 aromatic rings. The number of amides is 1. The highest BCUT2D eigenvalue weighted by Gasteiger charge is 2.23. The molecule has 0 saturated heterocycles. The minimum Gasteiger partial charge on any atom is -0.457 e. The van der Waals surface area contributed by atoms with Gasteiger partial charge in [-0.1, -0.05) is 36.9 Å². The van der Waals surface area contributed by atoms with Crippen LogP contribution in [0.2, 0.25) is 0 Å². The van der Waals surface area contributed by atoms with Gasteiger partial charge in [0.1, 0.15) is 17.3 Å². The largest absolute Gasteiger partial charge is 0.457 e. The van der Waals surface area contributed by atoms with Gasteiger partial charge in [0.05, 0.1) is 29.0 Å². The van der Waals surface area contributed by atoms with Crippen molar-refractivity contribution in [1.29, 1.82) is 5.41 Å². The first-order chi connectivity index (χ1) is 20.4. The Morgan fingerprint density at radius 3 is 2.55 bits per heavy atom. The van der Waals surface area contributed by atoms with Crippen molar-refractivity contribution in [1.82, 2.24) is 19.9 Å². The van der Waals surface area contributed by atoms with Gasteiger partial charge in [-0.05, 0) is 67.4 Å². The van der Waals surface area contributed by atoms with Gasteiger partial charge in [-0.25, -0.2) is 4.98 Å². The number of para-hydroxylation sites is 1. The smallest absolute Gasteiger partial charge is 0.255 e. The second kappa shape index (κ2) is 12.7. The number of hydrogen-bond acceptors (Lipinski definition) is 6. The molecule has 3 aromatic carbocycles. The molecule has 5 rings (SSSR count). The predicted molar refractivity (Wildman–Crippen MR) is 165 cm³/mol. The van der Waals surface area contributed by atoms with Gasteiger partial charge in [-0.3, -0.25) is 15.2 Å². The van der Waals surface area contributed by atoms with Gasteiger partial charge in [0, 0.05) is 29.6 Å². The van der Waals surface area contributed by atoms with Gasteiger partial charge >= 0.3 is 0 Å². The number of fused-ring (bicyclic) bond motifs is 1. The van der Waals surface area contributed by atoms with Crippen LogP contribution in [0.25, 0.3) is 22.4 Å². The molecule has 0 unspecified atom stereocenters. The van der Waals surface area contributed by atoms with E-state index in [1.54, 1.807) is 36.7 Å². The number of allylic oxidation sites excluding steroid dienone is 1. The zero-order chi connectivity index (χ0) is 29.5. The molecule has 0 aliphatic rings. The van der Waals surface area contributed by atoms with E-state index < -0.39 is 0 Å². The number of carbonyl (C=O) groups is 1. The number of nitrogens with two attached hydrogens (primary N) is 2. The maximum Gasteiger partial charge on any atom is 0.255 e. The normalized spacial score (nSPS) is 11.5. The molecule has 10 nitrogen and oxygen atoms in total. The van der Waals surface area contributed by atoms with Crippen molar-refractivity contribution < 1.29 is 9.53 Å². The highest BCUT2D eigenvalue weighted by atomic mass is 16.5. The fraction of sp³-hybridized carbons (Fsp3) is 0.125. The van der Waals surface area contributed by atoms with Crippen LogP contribution in [0.5, 0.6) is 11.5 Å². The van der Waals surface area contributed by atoms with E-state index in [-0.39, 0.29) is 17.9 Å². The molecule has 0 bridgehead atoms. The first kappa shape index (κ1) is 27.9. The van der Waals surface area contributed by atoms with E-state index in [2.05, 4.69) is 26.8 Å². The molecule has 1 amide bonds. The molecule has 0 radical (unpaired) electrons. The van der Waals surface area contributed by atoms with Crippen LogP contribution in [0.3, 0.4) is 0 Å². The predicted octanol–water partition coefficient (Wildman–Crippen LogP) is 5.42. The van der Waals surface area contributed by atoms with Crippen molar-refractivity contribution >= 4 is 28.6 Å². The van der Waals surface area contributed by atoms with Crippen molar-refractivity contribution in [2.45, 2.75) is 18.9 Å². The van der Waals surface area contributed by atoms with Crippen LogP contribution < -0.4 is 26.8 Å². The number of aromatic nitrogens is 3. The second-order valence-electron chi connectivity index (χ2n) is 9.72. The Morgan fingerprint density at radius 2 is 1.81 bits per heavy atom. The van der Waals surface area contributed by atoms with Crippen LogP contribution in [0, 0.1) is 5.41 Å². The third-order valence-corrected chi connectivity index (χ3v) is 6.65. The van der Waals surface area contributed by atoms with Gasteiger partial charge in [0.15, 0.2) is 5.96 Å². The number of anilines is 1. The zero-order valence-corrected chi connectivity index (χ0v) is 23.0. The van der Waals surface area contributed by atoms with Crippen molar-refractivity contribution in [2.24, 2.45) is 11.5 Å². The van der Waals surface area contributed by atoms with Gasteiger partial charge in [-0.2, -0.15) is 0 Å². The zero-order valence-electron chi connectivity index (χ0n) is 23.0. The summed E-state index contributed by atoms with van der Waals surface area (Å²) in [5, 5.41) is 13.2. The molecule has 2 aromatic heterocycles. The molecule has 0 aliphatic heterocycles. The van der Waals surface area contributed by atoms with Crippen molar-refractivity contribution in [3.63, 3.8) is 0 Å². The molecule has 7 N–H and O–H groups in total. The summed E-state index contributed by atoms with van der Waals surface area (Å²) in [5.74, 6) is 1.68. The number of nitrogens with one attached hydrogen (secondary N) is 3. The van der Waals surface area contributed by atoms with Crippen molar-refractivity contribution in [3.05, 3.63) is 115 Å². The topological polar surface area (TPSA) is 157 Å². The third-order valence-electron chi connectivity index (χ3n) is 6.65. The first-order valence-corrected chi connectivity index (χ1v) is 13.5. The quantitative estimate of drug-likeness (QED) is 0.0820. The van der Waals surface area contributed by atoms with E-state index in [0.717, 1.165) is 16.8 Å². The molecule has 0 aliphatic carbocycles. The number of ether oxygens (including phenoxy) is 1. The minimum absolute atomic E-state index is 0.0841. The number of carbonyl (C=O) groups excluding carboxylic acids is 1. The van der Waals surface area contributed by atoms with E-state index in [4.69, 9.17) is 26.6 Å². The van der Waals surface area contributed by atoms with E-state index in [1.165, 1.54) is 0 Å².